The summed E-state index contributed by atoms with van der Waals surface area (Å²) < 4.78 is 29.5. The third-order valence-electron chi connectivity index (χ3n) is 2.09. The van der Waals surface area contributed by atoms with Gasteiger partial charge in [0.2, 0.25) is 0 Å². The summed E-state index contributed by atoms with van der Waals surface area (Å²) in [5.41, 5.74) is 0. The predicted octanol–water partition coefficient (Wildman–Crippen LogP) is 1.37. The van der Waals surface area contributed by atoms with Crippen molar-refractivity contribution in [2.75, 3.05) is 38.0 Å². The largest absolute Gasteiger partial charge is 0.377 e. The fourth-order valence-corrected chi connectivity index (χ4v) is 1.30. The Hall–Kier alpha value is -1.50. The van der Waals surface area contributed by atoms with Gasteiger partial charge in [-0.25, -0.2) is 18.7 Å². The molecule has 0 amide bonds. The predicted molar refractivity (Wildman–Crippen MR) is 61.6 cm³/mol. The van der Waals surface area contributed by atoms with Gasteiger partial charge in [-0.1, -0.05) is 0 Å². The maximum atomic E-state index is 12.3. The van der Waals surface area contributed by atoms with E-state index in [4.69, 9.17) is 4.74 Å². The molecule has 5 nitrogen and oxygen atoms in total. The summed E-state index contributed by atoms with van der Waals surface area (Å²) in [4.78, 5) is 9.66. The summed E-state index contributed by atoms with van der Waals surface area (Å²) >= 11 is 0. The second-order valence-electron chi connectivity index (χ2n) is 3.48. The summed E-state index contributed by atoms with van der Waals surface area (Å²) in [6, 6.07) is 1.61. The highest BCUT2D eigenvalue weighted by molar-refractivity contribution is 5.48. The van der Waals surface area contributed by atoms with Crippen molar-refractivity contribution in [2.24, 2.45) is 0 Å². The summed E-state index contributed by atoms with van der Waals surface area (Å²) in [5.74, 6) is 1.47. The molecule has 1 rings (SSSR count). The minimum Gasteiger partial charge on any atom is -0.377 e. The number of ether oxygens (including phenoxy) is 1. The van der Waals surface area contributed by atoms with E-state index in [2.05, 4.69) is 15.3 Å². The molecule has 7 heteroatoms. The molecular weight excluding hydrogens is 230 g/mol. The quantitative estimate of drug-likeness (QED) is 0.821. The van der Waals surface area contributed by atoms with E-state index in [1.807, 2.05) is 0 Å². The number of anilines is 2. The highest BCUT2D eigenvalue weighted by Crippen LogP contribution is 2.15. The van der Waals surface area contributed by atoms with E-state index in [-0.39, 0.29) is 13.2 Å². The fourth-order valence-electron chi connectivity index (χ4n) is 1.30. The molecule has 0 bridgehead atoms. The lowest BCUT2D eigenvalue weighted by molar-refractivity contribution is 0.156. The lowest BCUT2D eigenvalue weighted by Gasteiger charge is -2.18. The third kappa shape index (κ3) is 4.10. The van der Waals surface area contributed by atoms with Crippen molar-refractivity contribution in [3.8, 4) is 0 Å². The third-order valence-corrected chi connectivity index (χ3v) is 2.09. The van der Waals surface area contributed by atoms with Crippen LogP contribution in [-0.4, -0.2) is 44.1 Å². The number of hydrogen-bond donors (Lipinski definition) is 1. The average Bonchev–Trinajstić information content (AvgIpc) is 2.28. The molecule has 0 radical (unpaired) electrons. The van der Waals surface area contributed by atoms with Gasteiger partial charge in [-0.2, -0.15) is 0 Å². The molecule has 17 heavy (non-hydrogen) atoms. The number of nitrogens with one attached hydrogen (secondary N) is 1. The van der Waals surface area contributed by atoms with Crippen molar-refractivity contribution >= 4 is 11.6 Å². The maximum absolute atomic E-state index is 12.3. The molecule has 0 aliphatic rings. The molecular formula is C10H16F2N4O. The van der Waals surface area contributed by atoms with Crippen LogP contribution in [0.1, 0.15) is 5.82 Å². The van der Waals surface area contributed by atoms with Crippen LogP contribution in [0.25, 0.3) is 0 Å². The fraction of sp³-hybridized carbons (Fsp3) is 0.600. The number of aromatic nitrogens is 2. The summed E-state index contributed by atoms with van der Waals surface area (Å²) in [6.07, 6.45) is -2.40. The molecule has 0 spiro atoms. The average molecular weight is 246 g/mol. The summed E-state index contributed by atoms with van der Waals surface area (Å²) in [5, 5.41) is 2.85. The number of nitrogens with zero attached hydrogens (tertiary/aromatic N) is 3. The molecule has 1 N–H and O–H groups in total. The van der Waals surface area contributed by atoms with Gasteiger partial charge in [0.1, 0.15) is 18.2 Å². The van der Waals surface area contributed by atoms with E-state index < -0.39 is 6.43 Å². The van der Waals surface area contributed by atoms with Crippen molar-refractivity contribution in [3.63, 3.8) is 0 Å². The van der Waals surface area contributed by atoms with E-state index in [1.54, 1.807) is 20.2 Å². The Balaban J connectivity index is 2.93. The zero-order chi connectivity index (χ0) is 12.8. The highest BCUT2D eigenvalue weighted by Gasteiger charge is 2.12. The van der Waals surface area contributed by atoms with Gasteiger partial charge in [-0.3, -0.25) is 0 Å². The zero-order valence-corrected chi connectivity index (χ0v) is 10.1. The van der Waals surface area contributed by atoms with Gasteiger partial charge in [0.15, 0.2) is 5.82 Å². The minimum absolute atomic E-state index is 0.241. The Morgan fingerprint density at radius 2 is 2.18 bits per heavy atom. The lowest BCUT2D eigenvalue weighted by atomic mass is 10.4. The Kier molecular flexibility index (Phi) is 5.02. The lowest BCUT2D eigenvalue weighted by Crippen LogP contribution is -2.25. The number of alkyl halides is 2. The first-order valence-corrected chi connectivity index (χ1v) is 5.10. The van der Waals surface area contributed by atoms with Gasteiger partial charge in [-0.15, -0.1) is 0 Å². The van der Waals surface area contributed by atoms with Crippen molar-refractivity contribution in [2.45, 2.75) is 13.0 Å². The zero-order valence-electron chi connectivity index (χ0n) is 10.1. The molecule has 0 aliphatic heterocycles. The number of halogens is 2. The van der Waals surface area contributed by atoms with Crippen LogP contribution in [-0.2, 0) is 11.3 Å². The second kappa shape index (κ2) is 6.29. The molecule has 1 heterocycles. The molecule has 96 valence electrons. The van der Waals surface area contributed by atoms with Crippen molar-refractivity contribution in [1.82, 2.24) is 9.97 Å². The second-order valence-corrected chi connectivity index (χ2v) is 3.48. The Bertz CT molecular complexity index is 362. The minimum atomic E-state index is -2.40. The van der Waals surface area contributed by atoms with Crippen LogP contribution in [0.4, 0.5) is 20.4 Å². The first kappa shape index (κ1) is 13.6. The number of rotatable bonds is 6. The molecule has 0 unspecified atom stereocenters. The van der Waals surface area contributed by atoms with Crippen molar-refractivity contribution in [3.05, 3.63) is 11.9 Å². The Morgan fingerprint density at radius 3 is 2.71 bits per heavy atom. The van der Waals surface area contributed by atoms with Crippen LogP contribution >= 0.6 is 0 Å². The molecule has 0 aromatic carbocycles. The van der Waals surface area contributed by atoms with E-state index in [9.17, 15) is 8.78 Å². The van der Waals surface area contributed by atoms with Crippen LogP contribution in [0.15, 0.2) is 6.07 Å². The van der Waals surface area contributed by atoms with Gasteiger partial charge >= 0.3 is 0 Å². The van der Waals surface area contributed by atoms with Gasteiger partial charge < -0.3 is 15.0 Å². The smallest absolute Gasteiger partial charge is 0.255 e. The molecule has 1 aromatic heterocycles. The Labute approximate surface area is 98.8 Å². The van der Waals surface area contributed by atoms with E-state index in [0.29, 0.717) is 17.5 Å². The molecule has 1 aromatic rings. The Morgan fingerprint density at radius 1 is 1.47 bits per heavy atom. The van der Waals surface area contributed by atoms with Gasteiger partial charge in [0.25, 0.3) is 6.43 Å². The molecule has 0 saturated carbocycles. The molecule has 0 saturated heterocycles. The van der Waals surface area contributed by atoms with Gasteiger partial charge in [-0.05, 0) is 0 Å². The van der Waals surface area contributed by atoms with Crippen molar-refractivity contribution < 1.29 is 13.5 Å². The molecule has 0 atom stereocenters. The van der Waals surface area contributed by atoms with Crippen LogP contribution in [0.5, 0.6) is 0 Å². The number of methoxy groups -OCH3 is 1. The normalized spacial score (nSPS) is 10.7. The number of hydrogen-bond acceptors (Lipinski definition) is 5. The molecule has 0 aliphatic carbocycles. The summed E-state index contributed by atoms with van der Waals surface area (Å²) in [7, 11) is 4.79. The van der Waals surface area contributed by atoms with E-state index >= 15 is 0 Å². The van der Waals surface area contributed by atoms with Crippen molar-refractivity contribution in [1.29, 1.82) is 0 Å². The van der Waals surface area contributed by atoms with Crippen LogP contribution in [0.2, 0.25) is 0 Å². The SMILES string of the molecule is CNc1cc(N(C)CC(F)F)nc(COC)n1. The van der Waals surface area contributed by atoms with Crippen LogP contribution in [0.3, 0.4) is 0 Å². The topological polar surface area (TPSA) is 50.3 Å². The maximum Gasteiger partial charge on any atom is 0.255 e. The standard InChI is InChI=1S/C10H16F2N4O/c1-13-8-4-10(16(2)5-7(11)12)15-9(14-8)6-17-3/h4,7H,5-6H2,1-3H3,(H,13,14,15). The van der Waals surface area contributed by atoms with E-state index in [0.717, 1.165) is 0 Å². The van der Waals surface area contributed by atoms with E-state index in [1.165, 1.54) is 12.0 Å². The monoisotopic (exact) mass is 246 g/mol. The van der Waals surface area contributed by atoms with Crippen LogP contribution < -0.4 is 10.2 Å². The van der Waals surface area contributed by atoms with Crippen LogP contribution in [0, 0.1) is 0 Å². The summed E-state index contributed by atoms with van der Waals surface area (Å²) in [6.45, 7) is -0.127. The van der Waals surface area contributed by atoms with Gasteiger partial charge in [0, 0.05) is 27.3 Å². The first-order valence-electron chi connectivity index (χ1n) is 5.10. The van der Waals surface area contributed by atoms with Gasteiger partial charge in [0.05, 0.1) is 6.54 Å². The highest BCUT2D eigenvalue weighted by atomic mass is 19.3. The first-order chi connectivity index (χ1) is 8.06. The molecule has 0 fully saturated rings.